The molecule has 1 heterocycles. The minimum Gasteiger partial charge on any atom is -0.429 e. The molecule has 0 bridgehead atoms. The molecule has 0 radical (unpaired) electrons. The van der Waals surface area contributed by atoms with E-state index < -0.39 is 46.5 Å². The van der Waals surface area contributed by atoms with Crippen LogP contribution in [0.1, 0.15) is 55.6 Å². The maximum atomic E-state index is 15.2. The zero-order valence-electron chi connectivity index (χ0n) is 23.0. The molecule has 0 N–H and O–H groups in total. The first-order valence-electron chi connectivity index (χ1n) is 13.9. The number of ether oxygens (including phenoxy) is 1. The molecule has 0 aliphatic heterocycles. The number of aromatic nitrogens is 1. The van der Waals surface area contributed by atoms with Crippen LogP contribution in [0.5, 0.6) is 5.75 Å². The third-order valence-corrected chi connectivity index (χ3v) is 7.93. The lowest BCUT2D eigenvalue weighted by molar-refractivity contribution is -0.189. The molecule has 1 aliphatic carbocycles. The summed E-state index contributed by atoms with van der Waals surface area (Å²) in [6, 6.07) is 10.4. The van der Waals surface area contributed by atoms with Gasteiger partial charge in [-0.3, -0.25) is 4.98 Å². The van der Waals surface area contributed by atoms with Crippen molar-refractivity contribution >= 4 is 0 Å². The third kappa shape index (κ3) is 6.76. The van der Waals surface area contributed by atoms with Gasteiger partial charge in [-0.05, 0) is 97.9 Å². The molecule has 43 heavy (non-hydrogen) atoms. The van der Waals surface area contributed by atoms with Crippen molar-refractivity contribution in [3.63, 3.8) is 0 Å². The largest absolute Gasteiger partial charge is 0.432 e. The average molecular weight is 600 g/mol. The number of allylic oxidation sites excluding steroid dienone is 1. The van der Waals surface area contributed by atoms with E-state index >= 15 is 4.39 Å². The van der Waals surface area contributed by atoms with Gasteiger partial charge in [0, 0.05) is 23.4 Å². The number of hydrogen-bond acceptors (Lipinski definition) is 2. The fourth-order valence-electron chi connectivity index (χ4n) is 5.61. The normalized spacial score (nSPS) is 17.1. The highest BCUT2D eigenvalue weighted by Crippen LogP contribution is 2.39. The first-order valence-corrected chi connectivity index (χ1v) is 13.9. The monoisotopic (exact) mass is 599 g/mol. The van der Waals surface area contributed by atoms with Crippen molar-refractivity contribution < 1.29 is 35.5 Å². The van der Waals surface area contributed by atoms with E-state index in [1.54, 1.807) is 12.3 Å². The van der Waals surface area contributed by atoms with Crippen molar-refractivity contribution in [3.8, 4) is 28.1 Å². The summed E-state index contributed by atoms with van der Waals surface area (Å²) in [6.45, 7) is 3.79. The number of pyridine rings is 1. The molecule has 0 spiro atoms. The van der Waals surface area contributed by atoms with Crippen molar-refractivity contribution in [1.29, 1.82) is 0 Å². The number of alkyl halides is 2. The second-order valence-electron chi connectivity index (χ2n) is 10.8. The Hall–Kier alpha value is -4.14. The SMILES string of the molecule is C=CCCC1CCC(c2ccc(-c3ccc(-c4cc(F)c(C(F)(F)Oc5ccc(F)c(F)c5)c(F)c4)c(F)c3)nc2)CC1. The predicted octanol–water partition coefficient (Wildman–Crippen LogP) is 10.5. The minimum absolute atomic E-state index is 0.220. The number of hydrogen-bond donors (Lipinski definition) is 0. The van der Waals surface area contributed by atoms with Crippen LogP contribution in [0.25, 0.3) is 22.4 Å². The van der Waals surface area contributed by atoms with Crippen molar-refractivity contribution in [3.05, 3.63) is 120 Å². The number of rotatable bonds is 9. The van der Waals surface area contributed by atoms with Gasteiger partial charge in [0.25, 0.3) is 0 Å². The van der Waals surface area contributed by atoms with E-state index in [9.17, 15) is 26.3 Å². The van der Waals surface area contributed by atoms with E-state index in [0.717, 1.165) is 49.7 Å². The van der Waals surface area contributed by atoms with Crippen LogP contribution in [0.3, 0.4) is 0 Å². The molecule has 0 atom stereocenters. The minimum atomic E-state index is -4.58. The zero-order chi connectivity index (χ0) is 30.7. The molecule has 1 aliphatic rings. The summed E-state index contributed by atoms with van der Waals surface area (Å²) in [5.41, 5.74) is -0.228. The average Bonchev–Trinajstić information content (AvgIpc) is 2.97. The zero-order valence-corrected chi connectivity index (χ0v) is 23.0. The van der Waals surface area contributed by atoms with Crippen molar-refractivity contribution in [2.75, 3.05) is 0 Å². The van der Waals surface area contributed by atoms with E-state index in [4.69, 9.17) is 0 Å². The van der Waals surface area contributed by atoms with Crippen LogP contribution in [0, 0.1) is 35.0 Å². The lowest BCUT2D eigenvalue weighted by Gasteiger charge is -2.28. The molecule has 1 saturated carbocycles. The Bertz CT molecular complexity index is 1590. The van der Waals surface area contributed by atoms with Crippen LogP contribution in [-0.4, -0.2) is 4.98 Å². The summed E-state index contributed by atoms with van der Waals surface area (Å²) in [4.78, 5) is 4.51. The van der Waals surface area contributed by atoms with Gasteiger partial charge in [0.1, 0.15) is 28.8 Å². The molecule has 0 amide bonds. The summed E-state index contributed by atoms with van der Waals surface area (Å²) >= 11 is 0. The first-order chi connectivity index (χ1) is 20.6. The predicted molar refractivity (Wildman–Crippen MR) is 150 cm³/mol. The molecular weight excluding hydrogens is 571 g/mol. The molecule has 0 unspecified atom stereocenters. The van der Waals surface area contributed by atoms with Crippen LogP contribution in [0.15, 0.2) is 79.5 Å². The molecule has 3 aromatic carbocycles. The molecular formula is C34H28F7NO. The molecule has 9 heteroatoms. The van der Waals surface area contributed by atoms with Gasteiger partial charge in [-0.2, -0.15) is 8.78 Å². The molecule has 0 saturated heterocycles. The fraction of sp³-hybridized carbons (Fsp3) is 0.265. The molecule has 2 nitrogen and oxygen atoms in total. The van der Waals surface area contributed by atoms with Gasteiger partial charge >= 0.3 is 6.11 Å². The smallest absolute Gasteiger partial charge is 0.429 e. The van der Waals surface area contributed by atoms with Gasteiger partial charge in [-0.25, -0.2) is 22.0 Å². The highest BCUT2D eigenvalue weighted by atomic mass is 19.3. The van der Waals surface area contributed by atoms with E-state index in [1.807, 2.05) is 12.1 Å². The standard InChI is InChI=1S/C34H28F7NO/c1-2-3-4-20-5-7-21(8-6-20)23-10-14-32(42-19-23)22-9-12-26(28(36)15-22)24-16-30(38)33(31(39)17-24)34(40,41)43-25-11-13-27(35)29(37)18-25/h2,9-21H,1,3-8H2. The lowest BCUT2D eigenvalue weighted by Crippen LogP contribution is -2.25. The van der Waals surface area contributed by atoms with Crippen LogP contribution in [0.2, 0.25) is 0 Å². The Morgan fingerprint density at radius 2 is 1.47 bits per heavy atom. The molecule has 5 rings (SSSR count). The van der Waals surface area contributed by atoms with Crippen LogP contribution in [-0.2, 0) is 6.11 Å². The van der Waals surface area contributed by atoms with E-state index in [1.165, 1.54) is 18.6 Å². The number of halogens is 7. The van der Waals surface area contributed by atoms with Crippen LogP contribution < -0.4 is 4.74 Å². The Kier molecular flexibility index (Phi) is 8.89. The third-order valence-electron chi connectivity index (χ3n) is 7.93. The molecule has 1 fully saturated rings. The maximum absolute atomic E-state index is 15.2. The summed E-state index contributed by atoms with van der Waals surface area (Å²) in [5, 5.41) is 0. The Morgan fingerprint density at radius 1 is 0.767 bits per heavy atom. The fourth-order valence-corrected chi connectivity index (χ4v) is 5.61. The molecule has 4 aromatic rings. The van der Waals surface area contributed by atoms with E-state index in [-0.39, 0.29) is 11.1 Å². The quantitative estimate of drug-likeness (QED) is 0.141. The Labute approximate surface area is 244 Å². The Morgan fingerprint density at radius 3 is 2.07 bits per heavy atom. The number of benzene rings is 3. The van der Waals surface area contributed by atoms with Gasteiger partial charge in [-0.15, -0.1) is 6.58 Å². The topological polar surface area (TPSA) is 22.1 Å². The molecule has 224 valence electrons. The van der Waals surface area contributed by atoms with E-state index in [0.29, 0.717) is 47.5 Å². The van der Waals surface area contributed by atoms with Gasteiger partial charge in [0.2, 0.25) is 0 Å². The summed E-state index contributed by atoms with van der Waals surface area (Å²) in [5.74, 6) is -6.75. The highest BCUT2D eigenvalue weighted by molar-refractivity contribution is 5.70. The van der Waals surface area contributed by atoms with Crippen molar-refractivity contribution in [1.82, 2.24) is 4.98 Å². The summed E-state index contributed by atoms with van der Waals surface area (Å²) in [6.07, 6.45) is 5.85. The highest BCUT2D eigenvalue weighted by Gasteiger charge is 2.41. The van der Waals surface area contributed by atoms with Gasteiger partial charge in [0.15, 0.2) is 11.6 Å². The summed E-state index contributed by atoms with van der Waals surface area (Å²) in [7, 11) is 0. The van der Waals surface area contributed by atoms with Crippen LogP contribution >= 0.6 is 0 Å². The van der Waals surface area contributed by atoms with Gasteiger partial charge in [0.05, 0.1) is 5.69 Å². The lowest BCUT2D eigenvalue weighted by atomic mass is 9.77. The summed E-state index contributed by atoms with van der Waals surface area (Å²) < 4.78 is 105. The van der Waals surface area contributed by atoms with Crippen molar-refractivity contribution in [2.24, 2.45) is 5.92 Å². The van der Waals surface area contributed by atoms with Crippen LogP contribution in [0.4, 0.5) is 30.7 Å². The van der Waals surface area contributed by atoms with Gasteiger partial charge in [-0.1, -0.05) is 24.3 Å². The maximum Gasteiger partial charge on any atom is 0.432 e. The number of nitrogens with zero attached hydrogens (tertiary/aromatic N) is 1. The Balaban J connectivity index is 1.31. The first kappa shape index (κ1) is 30.3. The van der Waals surface area contributed by atoms with Crippen molar-refractivity contribution in [2.45, 2.75) is 50.6 Å². The van der Waals surface area contributed by atoms with E-state index in [2.05, 4.69) is 16.3 Å². The van der Waals surface area contributed by atoms with Gasteiger partial charge < -0.3 is 4.74 Å². The second-order valence-corrected chi connectivity index (χ2v) is 10.8. The molecule has 1 aromatic heterocycles. The second kappa shape index (κ2) is 12.6.